The van der Waals surface area contributed by atoms with Crippen molar-refractivity contribution in [2.45, 2.75) is 19.1 Å². The van der Waals surface area contributed by atoms with Gasteiger partial charge in [0.25, 0.3) is 0 Å². The van der Waals surface area contributed by atoms with Gasteiger partial charge >= 0.3 is 0 Å². The molecule has 1 unspecified atom stereocenters. The second-order valence-electron chi connectivity index (χ2n) is 4.27. The van der Waals surface area contributed by atoms with Crippen molar-refractivity contribution >= 4 is 15.9 Å². The smallest absolute Gasteiger partial charge is 0.217 e. The maximum Gasteiger partial charge on any atom is 0.217 e. The van der Waals surface area contributed by atoms with Gasteiger partial charge in [0, 0.05) is 19.2 Å². The van der Waals surface area contributed by atoms with Crippen molar-refractivity contribution in [2.24, 2.45) is 0 Å². The van der Waals surface area contributed by atoms with E-state index in [1.165, 1.54) is 12.1 Å². The molecule has 0 saturated heterocycles. The summed E-state index contributed by atoms with van der Waals surface area (Å²) in [5.41, 5.74) is 0.403. The summed E-state index contributed by atoms with van der Waals surface area (Å²) in [7, 11) is 0. The zero-order valence-electron chi connectivity index (χ0n) is 9.81. The molecular formula is C12H10BrF2N3O. The Balaban J connectivity index is 2.08. The molecule has 2 heterocycles. The number of aromatic nitrogens is 3. The number of rotatable bonds is 1. The number of fused-ring (bicyclic) bond motifs is 1. The van der Waals surface area contributed by atoms with Crippen molar-refractivity contribution in [3.05, 3.63) is 46.0 Å². The first kappa shape index (κ1) is 12.7. The van der Waals surface area contributed by atoms with Crippen LogP contribution in [-0.2, 0) is 11.3 Å². The Bertz CT molecular complexity index is 597. The highest BCUT2D eigenvalue weighted by Crippen LogP contribution is 2.29. The monoisotopic (exact) mass is 329 g/mol. The fraction of sp³-hybridized carbons (Fsp3) is 0.333. The Morgan fingerprint density at radius 1 is 1.26 bits per heavy atom. The summed E-state index contributed by atoms with van der Waals surface area (Å²) in [6.45, 7) is 1.16. The van der Waals surface area contributed by atoms with Gasteiger partial charge in [0.1, 0.15) is 17.7 Å². The molecular weight excluding hydrogens is 320 g/mol. The van der Waals surface area contributed by atoms with Crippen LogP contribution in [0.5, 0.6) is 0 Å². The van der Waals surface area contributed by atoms with Crippen LogP contribution in [0.2, 0.25) is 0 Å². The number of hydrogen-bond donors (Lipinski definition) is 0. The molecule has 2 aromatic rings. The van der Waals surface area contributed by atoms with Crippen molar-refractivity contribution in [1.29, 1.82) is 0 Å². The van der Waals surface area contributed by atoms with Gasteiger partial charge in [-0.1, -0.05) is 0 Å². The molecule has 1 aromatic heterocycles. The van der Waals surface area contributed by atoms with E-state index in [2.05, 4.69) is 26.0 Å². The number of benzene rings is 1. The van der Waals surface area contributed by atoms with Crippen molar-refractivity contribution in [3.63, 3.8) is 0 Å². The average Bonchev–Trinajstić information content (AvgIpc) is 2.58. The highest BCUT2D eigenvalue weighted by atomic mass is 79.9. The fourth-order valence-electron chi connectivity index (χ4n) is 2.15. The van der Waals surface area contributed by atoms with Crippen molar-refractivity contribution in [3.8, 4) is 0 Å². The summed E-state index contributed by atoms with van der Waals surface area (Å²) in [4.78, 5) is 4.23. The molecule has 0 aliphatic carbocycles. The van der Waals surface area contributed by atoms with Crippen molar-refractivity contribution < 1.29 is 13.5 Å². The van der Waals surface area contributed by atoms with Gasteiger partial charge in [-0.05, 0) is 40.0 Å². The van der Waals surface area contributed by atoms with Crippen molar-refractivity contribution in [2.75, 3.05) is 6.61 Å². The number of nitrogens with zero attached hydrogens (tertiary/aromatic N) is 3. The van der Waals surface area contributed by atoms with Crippen LogP contribution in [-0.4, -0.2) is 21.4 Å². The second kappa shape index (κ2) is 4.97. The number of ether oxygens (including phenoxy) is 1. The van der Waals surface area contributed by atoms with Gasteiger partial charge in [0.2, 0.25) is 4.73 Å². The lowest BCUT2D eigenvalue weighted by Crippen LogP contribution is -2.11. The van der Waals surface area contributed by atoms with Gasteiger partial charge < -0.3 is 4.74 Å². The molecule has 1 aliphatic rings. The third kappa shape index (κ3) is 2.52. The minimum atomic E-state index is -0.632. The summed E-state index contributed by atoms with van der Waals surface area (Å²) >= 11 is 3.20. The van der Waals surface area contributed by atoms with E-state index in [0.29, 0.717) is 29.3 Å². The highest BCUT2D eigenvalue weighted by molar-refractivity contribution is 9.10. The third-order valence-corrected chi connectivity index (χ3v) is 3.23. The molecule has 3 rings (SSSR count). The normalized spacial score (nSPS) is 19.0. The number of halogens is 3. The zero-order chi connectivity index (χ0) is 13.4. The van der Waals surface area contributed by atoms with E-state index in [9.17, 15) is 8.78 Å². The van der Waals surface area contributed by atoms with Gasteiger partial charge in [-0.15, -0.1) is 5.10 Å². The van der Waals surface area contributed by atoms with E-state index in [1.807, 2.05) is 0 Å². The topological polar surface area (TPSA) is 39.9 Å². The SMILES string of the molecule is Fc1cc(F)cc(C2OCCCn3nc(Br)nc32)c1. The van der Waals surface area contributed by atoms with E-state index in [1.54, 1.807) is 4.68 Å². The van der Waals surface area contributed by atoms with Gasteiger partial charge in [-0.2, -0.15) is 0 Å². The highest BCUT2D eigenvalue weighted by Gasteiger charge is 2.25. The van der Waals surface area contributed by atoms with Crippen LogP contribution in [0.3, 0.4) is 0 Å². The number of aryl methyl sites for hydroxylation is 1. The largest absolute Gasteiger partial charge is 0.365 e. The maximum absolute atomic E-state index is 13.3. The first-order valence-electron chi connectivity index (χ1n) is 5.81. The molecule has 1 atom stereocenters. The molecule has 1 aliphatic heterocycles. The van der Waals surface area contributed by atoms with Gasteiger partial charge in [-0.25, -0.2) is 18.4 Å². The van der Waals surface area contributed by atoms with Gasteiger partial charge in [-0.3, -0.25) is 0 Å². The molecule has 7 heteroatoms. The molecule has 0 spiro atoms. The fourth-order valence-corrected chi connectivity index (χ4v) is 2.52. The summed E-state index contributed by atoms with van der Waals surface area (Å²) < 4.78 is 34.4. The standard InChI is InChI=1S/C12H10BrF2N3O/c13-12-16-11-10(19-3-1-2-18(11)17-12)7-4-8(14)6-9(15)5-7/h4-6,10H,1-3H2. The van der Waals surface area contributed by atoms with Crippen molar-refractivity contribution in [1.82, 2.24) is 14.8 Å². The van der Waals surface area contributed by atoms with Crippen LogP contribution in [0, 0.1) is 11.6 Å². The molecule has 0 N–H and O–H groups in total. The molecule has 0 amide bonds. The van der Waals surface area contributed by atoms with E-state index in [0.717, 1.165) is 12.5 Å². The summed E-state index contributed by atoms with van der Waals surface area (Å²) in [6, 6.07) is 3.35. The predicted octanol–water partition coefficient (Wildman–Crippen LogP) is 2.83. The van der Waals surface area contributed by atoms with Gasteiger partial charge in [0.15, 0.2) is 5.82 Å². The van der Waals surface area contributed by atoms with E-state index in [-0.39, 0.29) is 0 Å². The molecule has 100 valence electrons. The Labute approximate surface area is 116 Å². The van der Waals surface area contributed by atoms with Crippen LogP contribution in [0.25, 0.3) is 0 Å². The predicted molar refractivity (Wildman–Crippen MR) is 66.5 cm³/mol. The Morgan fingerprint density at radius 2 is 2.00 bits per heavy atom. The molecule has 1 aromatic carbocycles. The first-order valence-corrected chi connectivity index (χ1v) is 6.60. The second-order valence-corrected chi connectivity index (χ2v) is 4.98. The average molecular weight is 330 g/mol. The third-order valence-electron chi connectivity index (χ3n) is 2.90. The maximum atomic E-state index is 13.3. The minimum Gasteiger partial charge on any atom is -0.365 e. The Hall–Kier alpha value is -1.34. The summed E-state index contributed by atoms with van der Waals surface area (Å²) in [6.07, 6.45) is 0.170. The molecule has 0 saturated carbocycles. The van der Waals surface area contributed by atoms with Crippen LogP contribution in [0.1, 0.15) is 23.9 Å². The molecule has 0 bridgehead atoms. The molecule has 0 radical (unpaired) electrons. The lowest BCUT2D eigenvalue weighted by atomic mass is 10.1. The van der Waals surface area contributed by atoms with E-state index in [4.69, 9.17) is 4.74 Å². The summed E-state index contributed by atoms with van der Waals surface area (Å²) in [5.74, 6) is -0.713. The molecule has 0 fully saturated rings. The van der Waals surface area contributed by atoms with E-state index < -0.39 is 17.7 Å². The van der Waals surface area contributed by atoms with Crippen LogP contribution >= 0.6 is 15.9 Å². The minimum absolute atomic E-state index is 0.403. The number of hydrogen-bond acceptors (Lipinski definition) is 3. The lowest BCUT2D eigenvalue weighted by Gasteiger charge is -2.15. The Kier molecular flexibility index (Phi) is 3.32. The van der Waals surface area contributed by atoms with E-state index >= 15 is 0 Å². The molecule has 4 nitrogen and oxygen atoms in total. The summed E-state index contributed by atoms with van der Waals surface area (Å²) in [5, 5.41) is 4.19. The van der Waals surface area contributed by atoms with Crippen LogP contribution in [0.15, 0.2) is 22.9 Å². The first-order chi connectivity index (χ1) is 9.13. The lowest BCUT2D eigenvalue weighted by molar-refractivity contribution is 0.0807. The van der Waals surface area contributed by atoms with Gasteiger partial charge in [0.05, 0.1) is 0 Å². The van der Waals surface area contributed by atoms with Crippen LogP contribution < -0.4 is 0 Å². The quantitative estimate of drug-likeness (QED) is 0.807. The Morgan fingerprint density at radius 3 is 2.74 bits per heavy atom. The molecule has 19 heavy (non-hydrogen) atoms. The zero-order valence-corrected chi connectivity index (χ0v) is 11.4. The van der Waals surface area contributed by atoms with Crippen LogP contribution in [0.4, 0.5) is 8.78 Å².